The van der Waals surface area contributed by atoms with E-state index in [2.05, 4.69) is 0 Å². The van der Waals surface area contributed by atoms with Gasteiger partial charge in [-0.25, -0.2) is 4.79 Å². The number of carboxylic acid groups (broad SMARTS) is 1. The molecule has 10 nitrogen and oxygen atoms in total. The monoisotopic (exact) mass is 347 g/mol. The Hall–Kier alpha value is -3.82. The number of nitrogens with zero attached hydrogens (tertiary/aromatic N) is 3. The van der Waals surface area contributed by atoms with Gasteiger partial charge in [-0.15, -0.1) is 0 Å². The summed E-state index contributed by atoms with van der Waals surface area (Å²) in [6.07, 6.45) is 0. The highest BCUT2D eigenvalue weighted by Gasteiger charge is 2.73. The molecule has 0 unspecified atom stereocenters. The second kappa shape index (κ2) is 6.74. The van der Waals surface area contributed by atoms with Crippen molar-refractivity contribution in [2.45, 2.75) is 5.79 Å². The third kappa shape index (κ3) is 2.87. The van der Waals surface area contributed by atoms with Crippen LogP contribution in [0.15, 0.2) is 60.6 Å². The molecule has 0 aliphatic carbocycles. The molecule has 1 amide bonds. The molecule has 0 aliphatic rings. The molecule has 0 aliphatic heterocycles. The topological polar surface area (TPSA) is 144 Å². The smallest absolute Gasteiger partial charge is 0.469 e. The van der Waals surface area contributed by atoms with Crippen molar-refractivity contribution < 1.29 is 25.9 Å². The summed E-state index contributed by atoms with van der Waals surface area (Å²) in [5.41, 5.74) is -0.803. The minimum atomic E-state index is -4.00. The number of hydrogen-bond acceptors (Lipinski definition) is 6. The summed E-state index contributed by atoms with van der Waals surface area (Å²) in [6, 6.07) is 11.1. The van der Waals surface area contributed by atoms with Gasteiger partial charge in [-0.05, 0) is 24.2 Å². The van der Waals surface area contributed by atoms with Crippen LogP contribution in [0, 0.1) is 20.2 Å². The van der Waals surface area contributed by atoms with Crippen molar-refractivity contribution in [2.24, 2.45) is 0 Å². The second-order valence-electron chi connectivity index (χ2n) is 4.71. The maximum atomic E-state index is 12.9. The predicted octanol–water partition coefficient (Wildman–Crippen LogP) is 1.63. The fraction of sp³-hybridized carbons (Fsp3) is 0.0667. The van der Waals surface area contributed by atoms with Crippen molar-refractivity contribution in [1.82, 2.24) is 0 Å². The molecule has 0 bridgehead atoms. The standard InChI is InChI=1S/C15H11N3O7/c19-13(11-7-3-1-4-8-11)16(12-9-5-2-6-10-12)15(14(20)21,17(22)23)18(24)25/h1-10H,(H,20,21)/i7T. The Kier molecular flexibility index (Phi) is 4.33. The van der Waals surface area contributed by atoms with Crippen LogP contribution in [0.25, 0.3) is 0 Å². The number of para-hydroxylation sites is 1. The summed E-state index contributed by atoms with van der Waals surface area (Å²) in [4.78, 5) is 44.1. The molecule has 128 valence electrons. The third-order valence-electron chi connectivity index (χ3n) is 3.26. The van der Waals surface area contributed by atoms with Gasteiger partial charge in [0, 0.05) is 5.56 Å². The molecule has 0 heterocycles. The summed E-state index contributed by atoms with van der Waals surface area (Å²) in [7, 11) is 0. The highest BCUT2D eigenvalue weighted by molar-refractivity contribution is 6.09. The maximum Gasteiger partial charge on any atom is 0.649 e. The van der Waals surface area contributed by atoms with Crippen molar-refractivity contribution in [1.29, 1.82) is 0 Å². The third-order valence-corrected chi connectivity index (χ3v) is 3.26. The molecular weight excluding hydrogens is 334 g/mol. The van der Waals surface area contributed by atoms with E-state index in [4.69, 9.17) is 1.37 Å². The molecule has 10 heteroatoms. The van der Waals surface area contributed by atoms with Crippen LogP contribution in [0.2, 0.25) is 0 Å². The Balaban J connectivity index is 2.83. The highest BCUT2D eigenvalue weighted by atomic mass is 16.7. The first-order chi connectivity index (χ1) is 12.2. The number of nitro groups is 2. The van der Waals surface area contributed by atoms with Gasteiger partial charge in [0.2, 0.25) is 0 Å². The van der Waals surface area contributed by atoms with E-state index in [-0.39, 0.29) is 16.6 Å². The molecular formula is C15H11N3O7. The summed E-state index contributed by atoms with van der Waals surface area (Å²) in [6.45, 7) is 0. The number of carbonyl (C=O) groups is 2. The van der Waals surface area contributed by atoms with Crippen LogP contribution >= 0.6 is 0 Å². The van der Waals surface area contributed by atoms with E-state index < -0.39 is 33.1 Å². The lowest BCUT2D eigenvalue weighted by molar-refractivity contribution is -0.774. The Labute approximate surface area is 141 Å². The van der Waals surface area contributed by atoms with Crippen molar-refractivity contribution in [3.8, 4) is 0 Å². The molecule has 1 N–H and O–H groups in total. The lowest BCUT2D eigenvalue weighted by Gasteiger charge is -2.26. The van der Waals surface area contributed by atoms with E-state index in [0.717, 1.165) is 18.2 Å². The SMILES string of the molecule is [3H]c1ccccc1C(=O)N(c1ccccc1)C(C(=O)O)([N+](=O)[O-])[N+](=O)[O-]. The van der Waals surface area contributed by atoms with Crippen molar-refractivity contribution in [3.63, 3.8) is 0 Å². The van der Waals surface area contributed by atoms with Crippen LogP contribution in [-0.2, 0) is 4.79 Å². The summed E-state index contributed by atoms with van der Waals surface area (Å²) >= 11 is 0. The first-order valence-electron chi connectivity index (χ1n) is 7.22. The van der Waals surface area contributed by atoms with Crippen LogP contribution in [0.5, 0.6) is 0 Å². The lowest BCUT2D eigenvalue weighted by atomic mass is 10.1. The van der Waals surface area contributed by atoms with Gasteiger partial charge in [-0.1, -0.05) is 36.4 Å². The van der Waals surface area contributed by atoms with Gasteiger partial charge in [0.25, 0.3) is 5.91 Å². The summed E-state index contributed by atoms with van der Waals surface area (Å²) in [5.74, 6) is -7.81. The van der Waals surface area contributed by atoms with Gasteiger partial charge >= 0.3 is 11.8 Å². The number of anilines is 1. The van der Waals surface area contributed by atoms with Gasteiger partial charge in [-0.2, -0.15) is 4.90 Å². The fourth-order valence-electron chi connectivity index (χ4n) is 2.14. The van der Waals surface area contributed by atoms with E-state index in [9.17, 15) is 34.9 Å². The molecule has 0 aromatic heterocycles. The maximum absolute atomic E-state index is 12.9. The van der Waals surface area contributed by atoms with Gasteiger partial charge < -0.3 is 5.11 Å². The molecule has 2 aromatic carbocycles. The first kappa shape index (κ1) is 16.1. The Bertz CT molecular complexity index is 852. The van der Waals surface area contributed by atoms with Crippen LogP contribution in [-0.4, -0.2) is 32.6 Å². The molecule has 0 atom stereocenters. The number of aliphatic carboxylic acids is 1. The number of carbonyl (C=O) groups excluding carboxylic acids is 1. The number of hydrogen-bond donors (Lipinski definition) is 1. The van der Waals surface area contributed by atoms with Crippen molar-refractivity contribution in [3.05, 3.63) is 86.4 Å². The number of carboxylic acids is 1. The second-order valence-corrected chi connectivity index (χ2v) is 4.71. The quantitative estimate of drug-likeness (QED) is 0.475. The van der Waals surface area contributed by atoms with E-state index in [1.54, 1.807) is 0 Å². The van der Waals surface area contributed by atoms with Crippen molar-refractivity contribution in [2.75, 3.05) is 4.90 Å². The zero-order chi connectivity index (χ0) is 19.5. The average molecular weight is 347 g/mol. The Morgan fingerprint density at radius 2 is 1.52 bits per heavy atom. The zero-order valence-corrected chi connectivity index (χ0v) is 12.4. The normalized spacial score (nSPS) is 11.3. The van der Waals surface area contributed by atoms with Gasteiger partial charge in [0.05, 0.1) is 7.06 Å². The van der Waals surface area contributed by atoms with Crippen LogP contribution in [0.1, 0.15) is 11.7 Å². The molecule has 0 saturated carbocycles. The Morgan fingerprint density at radius 3 is 2.00 bits per heavy atom. The fourth-order valence-corrected chi connectivity index (χ4v) is 2.14. The average Bonchev–Trinajstić information content (AvgIpc) is 2.59. The molecule has 0 spiro atoms. The Morgan fingerprint density at radius 1 is 1.00 bits per heavy atom. The van der Waals surface area contributed by atoms with Gasteiger partial charge in [0.15, 0.2) is 0 Å². The highest BCUT2D eigenvalue weighted by Crippen LogP contribution is 2.28. The van der Waals surface area contributed by atoms with E-state index in [1.165, 1.54) is 36.4 Å². The van der Waals surface area contributed by atoms with Gasteiger partial charge in [-0.3, -0.25) is 25.0 Å². The number of rotatable bonds is 6. The number of benzene rings is 2. The number of amides is 1. The van der Waals surface area contributed by atoms with E-state index >= 15 is 0 Å². The van der Waals surface area contributed by atoms with E-state index in [1.807, 2.05) is 0 Å². The minimum absolute atomic E-state index is 0.0390. The predicted molar refractivity (Wildman–Crippen MR) is 84.0 cm³/mol. The molecule has 0 saturated heterocycles. The molecule has 25 heavy (non-hydrogen) atoms. The van der Waals surface area contributed by atoms with Crippen LogP contribution in [0.4, 0.5) is 5.69 Å². The summed E-state index contributed by atoms with van der Waals surface area (Å²) < 4.78 is 7.75. The van der Waals surface area contributed by atoms with Crippen molar-refractivity contribution >= 4 is 17.6 Å². The van der Waals surface area contributed by atoms with E-state index in [0.29, 0.717) is 0 Å². The molecule has 2 aromatic rings. The van der Waals surface area contributed by atoms with Crippen LogP contribution in [0.3, 0.4) is 0 Å². The summed E-state index contributed by atoms with van der Waals surface area (Å²) in [5, 5.41) is 32.3. The first-order valence-corrected chi connectivity index (χ1v) is 6.72. The minimum Gasteiger partial charge on any atom is -0.469 e. The van der Waals surface area contributed by atoms with Crippen LogP contribution < -0.4 is 4.90 Å². The molecule has 0 fully saturated rings. The largest absolute Gasteiger partial charge is 0.649 e. The van der Waals surface area contributed by atoms with Gasteiger partial charge in [0.1, 0.15) is 9.85 Å². The lowest BCUT2D eigenvalue weighted by Crippen LogP contribution is -2.67. The molecule has 2 rings (SSSR count). The zero-order valence-electron chi connectivity index (χ0n) is 13.4. The molecule has 0 radical (unpaired) electrons.